The standard InChI is InChI=1S/C9H9ClF3N3O3/c1-14(7(18)9(11,12)13)4-5(10)15(2)8(19)16(3)6(4)17/h1-3H3. The molecular weight excluding hydrogens is 291 g/mol. The van der Waals surface area contributed by atoms with Crippen LogP contribution in [0.2, 0.25) is 5.15 Å². The molecule has 19 heavy (non-hydrogen) atoms. The number of carbonyl (C=O) groups excluding carboxylic acids is 1. The van der Waals surface area contributed by atoms with Crippen molar-refractivity contribution in [3.05, 3.63) is 26.0 Å². The Morgan fingerprint density at radius 1 is 1.21 bits per heavy atom. The van der Waals surface area contributed by atoms with Gasteiger partial charge >= 0.3 is 17.8 Å². The molecule has 1 aromatic rings. The Hall–Kier alpha value is -1.77. The van der Waals surface area contributed by atoms with E-state index in [1.165, 1.54) is 7.05 Å². The first-order chi connectivity index (χ1) is 8.50. The summed E-state index contributed by atoms with van der Waals surface area (Å²) < 4.78 is 38.3. The van der Waals surface area contributed by atoms with Crippen molar-refractivity contribution in [1.29, 1.82) is 0 Å². The van der Waals surface area contributed by atoms with Crippen molar-refractivity contribution in [2.45, 2.75) is 6.18 Å². The predicted octanol–water partition coefficient (Wildman–Crippen LogP) is 0.262. The Balaban J connectivity index is 3.58. The highest BCUT2D eigenvalue weighted by molar-refractivity contribution is 6.32. The lowest BCUT2D eigenvalue weighted by molar-refractivity contribution is -0.170. The van der Waals surface area contributed by atoms with Crippen LogP contribution in [0.25, 0.3) is 0 Å². The van der Waals surface area contributed by atoms with Gasteiger partial charge in [0.15, 0.2) is 0 Å². The Labute approximate surface area is 109 Å². The van der Waals surface area contributed by atoms with Gasteiger partial charge in [0.05, 0.1) is 0 Å². The molecule has 0 saturated heterocycles. The number of hydrogen-bond donors (Lipinski definition) is 0. The van der Waals surface area contributed by atoms with Crippen LogP contribution >= 0.6 is 11.6 Å². The summed E-state index contributed by atoms with van der Waals surface area (Å²) in [5.74, 6) is -2.26. The Morgan fingerprint density at radius 2 is 1.68 bits per heavy atom. The van der Waals surface area contributed by atoms with Crippen LogP contribution in [0.4, 0.5) is 18.9 Å². The van der Waals surface area contributed by atoms with E-state index in [4.69, 9.17) is 11.6 Å². The van der Waals surface area contributed by atoms with Gasteiger partial charge in [-0.15, -0.1) is 0 Å². The minimum absolute atomic E-state index is 0.0735. The predicted molar refractivity (Wildman–Crippen MR) is 61.4 cm³/mol. The summed E-state index contributed by atoms with van der Waals surface area (Å²) in [4.78, 5) is 34.4. The van der Waals surface area contributed by atoms with E-state index < -0.39 is 34.2 Å². The van der Waals surface area contributed by atoms with Gasteiger partial charge in [-0.3, -0.25) is 18.7 Å². The van der Waals surface area contributed by atoms with Crippen LogP contribution in [0, 0.1) is 0 Å². The molecule has 0 saturated carbocycles. The van der Waals surface area contributed by atoms with Gasteiger partial charge in [0.1, 0.15) is 10.8 Å². The fraction of sp³-hybridized carbons (Fsp3) is 0.444. The Morgan fingerprint density at radius 3 is 2.11 bits per heavy atom. The fourth-order valence-electron chi connectivity index (χ4n) is 1.38. The van der Waals surface area contributed by atoms with E-state index in [-0.39, 0.29) is 4.90 Å². The zero-order valence-electron chi connectivity index (χ0n) is 10.1. The van der Waals surface area contributed by atoms with Gasteiger partial charge in [0.2, 0.25) is 0 Å². The highest BCUT2D eigenvalue weighted by Gasteiger charge is 2.43. The molecule has 6 nitrogen and oxygen atoms in total. The lowest BCUT2D eigenvalue weighted by Gasteiger charge is -2.20. The van der Waals surface area contributed by atoms with Gasteiger partial charge in [-0.1, -0.05) is 11.6 Å². The molecule has 1 aromatic heterocycles. The molecule has 0 aliphatic carbocycles. The quantitative estimate of drug-likeness (QED) is 0.699. The number of anilines is 1. The van der Waals surface area contributed by atoms with Crippen molar-refractivity contribution in [3.8, 4) is 0 Å². The Kier molecular flexibility index (Phi) is 3.80. The number of rotatable bonds is 1. The minimum Gasteiger partial charge on any atom is -0.300 e. The molecular formula is C9H9ClF3N3O3. The van der Waals surface area contributed by atoms with Gasteiger partial charge in [-0.25, -0.2) is 4.79 Å². The molecule has 1 amide bonds. The second kappa shape index (κ2) is 4.72. The average molecular weight is 300 g/mol. The third-order valence-electron chi connectivity index (χ3n) is 2.45. The summed E-state index contributed by atoms with van der Waals surface area (Å²) in [5, 5.41) is -0.548. The van der Waals surface area contributed by atoms with Crippen molar-refractivity contribution in [1.82, 2.24) is 9.13 Å². The first kappa shape index (κ1) is 15.3. The van der Waals surface area contributed by atoms with Crippen molar-refractivity contribution >= 4 is 23.2 Å². The zero-order valence-corrected chi connectivity index (χ0v) is 10.8. The van der Waals surface area contributed by atoms with Crippen LogP contribution in [-0.4, -0.2) is 28.3 Å². The molecule has 1 rings (SSSR count). The highest BCUT2D eigenvalue weighted by atomic mass is 35.5. The maximum Gasteiger partial charge on any atom is 0.471 e. The zero-order chi connectivity index (χ0) is 15.1. The molecule has 0 unspecified atom stereocenters. The van der Waals surface area contributed by atoms with Crippen LogP contribution in [0.15, 0.2) is 9.59 Å². The van der Waals surface area contributed by atoms with E-state index in [9.17, 15) is 27.6 Å². The van der Waals surface area contributed by atoms with Crippen LogP contribution in [-0.2, 0) is 18.9 Å². The molecule has 0 bridgehead atoms. The van der Waals surface area contributed by atoms with Crippen LogP contribution in [0.3, 0.4) is 0 Å². The molecule has 0 N–H and O–H groups in total. The third-order valence-corrected chi connectivity index (χ3v) is 2.89. The van der Waals surface area contributed by atoms with E-state index >= 15 is 0 Å². The van der Waals surface area contributed by atoms with Crippen LogP contribution < -0.4 is 16.1 Å². The molecule has 0 spiro atoms. The number of aromatic nitrogens is 2. The molecule has 0 aliphatic heterocycles. The number of amides is 1. The number of hydrogen-bond acceptors (Lipinski definition) is 3. The first-order valence-electron chi connectivity index (χ1n) is 4.80. The van der Waals surface area contributed by atoms with Gasteiger partial charge in [-0.2, -0.15) is 13.2 Å². The molecule has 0 aliphatic rings. The third kappa shape index (κ3) is 2.50. The summed E-state index contributed by atoms with van der Waals surface area (Å²) in [6, 6.07) is 0. The smallest absolute Gasteiger partial charge is 0.300 e. The lowest BCUT2D eigenvalue weighted by Crippen LogP contribution is -2.45. The molecule has 0 atom stereocenters. The monoisotopic (exact) mass is 299 g/mol. The SMILES string of the molecule is CN(C(=O)C(F)(F)F)c1c(Cl)n(C)c(=O)n(C)c1=O. The van der Waals surface area contributed by atoms with Crippen molar-refractivity contribution in [2.75, 3.05) is 11.9 Å². The Bertz CT molecular complexity index is 647. The summed E-state index contributed by atoms with van der Waals surface area (Å²) in [6.45, 7) is 0. The van der Waals surface area contributed by atoms with E-state index in [0.29, 0.717) is 4.57 Å². The molecule has 10 heteroatoms. The van der Waals surface area contributed by atoms with E-state index in [1.807, 2.05) is 0 Å². The lowest BCUT2D eigenvalue weighted by atomic mass is 10.4. The second-order valence-corrected chi connectivity index (χ2v) is 4.07. The number of alkyl halides is 3. The summed E-state index contributed by atoms with van der Waals surface area (Å²) >= 11 is 5.65. The van der Waals surface area contributed by atoms with E-state index in [2.05, 4.69) is 0 Å². The molecule has 1 heterocycles. The van der Waals surface area contributed by atoms with Crippen LogP contribution in [0.1, 0.15) is 0 Å². The number of halogens is 4. The van der Waals surface area contributed by atoms with Gasteiger partial charge < -0.3 is 4.90 Å². The van der Waals surface area contributed by atoms with Crippen molar-refractivity contribution in [2.24, 2.45) is 14.1 Å². The molecule has 0 aromatic carbocycles. The molecule has 106 valence electrons. The number of carbonyl (C=O) groups is 1. The first-order valence-corrected chi connectivity index (χ1v) is 5.18. The maximum atomic E-state index is 12.3. The van der Waals surface area contributed by atoms with Gasteiger partial charge in [-0.05, 0) is 0 Å². The highest BCUT2D eigenvalue weighted by Crippen LogP contribution is 2.24. The van der Waals surface area contributed by atoms with Gasteiger partial charge in [0, 0.05) is 21.1 Å². The van der Waals surface area contributed by atoms with Gasteiger partial charge in [0.25, 0.3) is 5.56 Å². The second-order valence-electron chi connectivity index (χ2n) is 3.71. The van der Waals surface area contributed by atoms with E-state index in [1.54, 1.807) is 0 Å². The minimum atomic E-state index is -5.15. The van der Waals surface area contributed by atoms with E-state index in [0.717, 1.165) is 18.7 Å². The summed E-state index contributed by atoms with van der Waals surface area (Å²) in [6.07, 6.45) is -5.15. The largest absolute Gasteiger partial charge is 0.471 e. The topological polar surface area (TPSA) is 64.3 Å². The molecule has 0 radical (unpaired) electrons. The van der Waals surface area contributed by atoms with Crippen molar-refractivity contribution in [3.63, 3.8) is 0 Å². The summed E-state index contributed by atoms with van der Waals surface area (Å²) in [5.41, 5.74) is -2.62. The normalized spacial score (nSPS) is 11.5. The number of nitrogens with zero attached hydrogens (tertiary/aromatic N) is 3. The maximum absolute atomic E-state index is 12.3. The average Bonchev–Trinajstić information content (AvgIpc) is 2.31. The van der Waals surface area contributed by atoms with Crippen LogP contribution in [0.5, 0.6) is 0 Å². The van der Waals surface area contributed by atoms with Crippen molar-refractivity contribution < 1.29 is 18.0 Å². The fourth-order valence-corrected chi connectivity index (χ4v) is 1.66. The molecule has 0 fully saturated rings. The summed E-state index contributed by atoms with van der Waals surface area (Å²) in [7, 11) is 2.98.